The molecule has 0 bridgehead atoms. The molecule has 1 fully saturated rings. The summed E-state index contributed by atoms with van der Waals surface area (Å²) in [6.45, 7) is 3.70. The predicted molar refractivity (Wildman–Crippen MR) is 66.0 cm³/mol. The van der Waals surface area contributed by atoms with Gasteiger partial charge >= 0.3 is 0 Å². The van der Waals surface area contributed by atoms with E-state index in [2.05, 4.69) is 9.97 Å². The number of aromatic amines is 1. The first-order chi connectivity index (χ1) is 8.27. The lowest BCUT2D eigenvalue weighted by atomic mass is 10.1. The zero-order chi connectivity index (χ0) is 11.8. The van der Waals surface area contributed by atoms with Gasteiger partial charge in [-0.15, -0.1) is 0 Å². The monoisotopic (exact) mass is 229 g/mol. The second kappa shape index (κ2) is 3.87. The Kier molecular flexibility index (Phi) is 2.35. The van der Waals surface area contributed by atoms with E-state index in [1.807, 2.05) is 24.1 Å². The van der Waals surface area contributed by atoms with Crippen molar-refractivity contribution in [3.63, 3.8) is 0 Å². The average Bonchev–Trinajstić information content (AvgIpc) is 3.00. The Bertz CT molecular complexity index is 567. The van der Waals surface area contributed by atoms with Crippen LogP contribution in [0.2, 0.25) is 0 Å². The summed E-state index contributed by atoms with van der Waals surface area (Å²) < 4.78 is 0. The summed E-state index contributed by atoms with van der Waals surface area (Å²) >= 11 is 0. The summed E-state index contributed by atoms with van der Waals surface area (Å²) in [5.41, 5.74) is 2.56. The van der Waals surface area contributed by atoms with Gasteiger partial charge in [0.05, 0.1) is 11.1 Å². The van der Waals surface area contributed by atoms with Gasteiger partial charge in [0.2, 0.25) is 0 Å². The predicted octanol–water partition coefficient (Wildman–Crippen LogP) is 2.11. The molecule has 1 aliphatic heterocycles. The molecule has 1 aliphatic rings. The van der Waals surface area contributed by atoms with E-state index < -0.39 is 0 Å². The highest BCUT2D eigenvalue weighted by atomic mass is 16.2. The number of aromatic nitrogens is 2. The van der Waals surface area contributed by atoms with Crippen molar-refractivity contribution in [3.05, 3.63) is 29.7 Å². The molecule has 4 nitrogen and oxygen atoms in total. The number of pyridine rings is 1. The number of fused-ring (bicyclic) bond motifs is 1. The Morgan fingerprint density at radius 2 is 2.18 bits per heavy atom. The lowest BCUT2D eigenvalue weighted by Crippen LogP contribution is -2.28. The van der Waals surface area contributed by atoms with Crippen molar-refractivity contribution in [2.24, 2.45) is 0 Å². The van der Waals surface area contributed by atoms with Crippen LogP contribution in [0.1, 0.15) is 28.9 Å². The van der Waals surface area contributed by atoms with E-state index in [1.165, 1.54) is 0 Å². The second-order valence-electron chi connectivity index (χ2n) is 4.52. The number of rotatable bonds is 1. The lowest BCUT2D eigenvalue weighted by Gasteiger charge is -2.15. The van der Waals surface area contributed by atoms with E-state index in [0.29, 0.717) is 5.56 Å². The fourth-order valence-electron chi connectivity index (χ4n) is 2.44. The Balaban J connectivity index is 2.07. The highest BCUT2D eigenvalue weighted by Gasteiger charge is 2.22. The largest absolute Gasteiger partial charge is 0.360 e. The summed E-state index contributed by atoms with van der Waals surface area (Å²) in [6, 6.07) is 1.97. The van der Waals surface area contributed by atoms with Crippen LogP contribution in [-0.2, 0) is 0 Å². The molecule has 0 aromatic carbocycles. The molecule has 0 spiro atoms. The Labute approximate surface area is 99.6 Å². The van der Waals surface area contributed by atoms with Crippen LogP contribution in [0.25, 0.3) is 10.9 Å². The lowest BCUT2D eigenvalue weighted by molar-refractivity contribution is 0.0794. The van der Waals surface area contributed by atoms with Crippen molar-refractivity contribution in [2.75, 3.05) is 13.1 Å². The third-order valence-corrected chi connectivity index (χ3v) is 3.42. The maximum atomic E-state index is 12.3. The standard InChI is InChI=1S/C13H15N3O/c1-9-10-4-5-14-12(10)11(8-15-9)13(17)16-6-2-3-7-16/h4-5,8,14H,2-3,6-7H2,1H3. The van der Waals surface area contributed by atoms with Gasteiger partial charge in [-0.1, -0.05) is 0 Å². The van der Waals surface area contributed by atoms with Gasteiger partial charge in [-0.05, 0) is 25.8 Å². The minimum absolute atomic E-state index is 0.0995. The molecular weight excluding hydrogens is 214 g/mol. The molecule has 1 amide bonds. The molecule has 2 aromatic rings. The van der Waals surface area contributed by atoms with E-state index >= 15 is 0 Å². The number of carbonyl (C=O) groups excluding carboxylic acids is 1. The zero-order valence-corrected chi connectivity index (χ0v) is 9.86. The third-order valence-electron chi connectivity index (χ3n) is 3.42. The summed E-state index contributed by atoms with van der Waals surface area (Å²) in [6.07, 6.45) is 5.77. The maximum Gasteiger partial charge on any atom is 0.257 e. The smallest absolute Gasteiger partial charge is 0.257 e. The first kappa shape index (κ1) is 10.3. The Morgan fingerprint density at radius 1 is 1.41 bits per heavy atom. The maximum absolute atomic E-state index is 12.3. The number of hydrogen-bond donors (Lipinski definition) is 1. The zero-order valence-electron chi connectivity index (χ0n) is 9.86. The third kappa shape index (κ3) is 1.60. The molecule has 4 heteroatoms. The Hall–Kier alpha value is -1.84. The van der Waals surface area contributed by atoms with Crippen LogP contribution >= 0.6 is 0 Å². The number of carbonyl (C=O) groups is 1. The fraction of sp³-hybridized carbons (Fsp3) is 0.385. The number of aryl methyl sites for hydroxylation is 1. The van der Waals surface area contributed by atoms with E-state index in [4.69, 9.17) is 0 Å². The number of H-pyrrole nitrogens is 1. The van der Waals surface area contributed by atoms with Crippen LogP contribution in [0.3, 0.4) is 0 Å². The molecule has 0 unspecified atom stereocenters. The van der Waals surface area contributed by atoms with E-state index in [-0.39, 0.29) is 5.91 Å². The van der Waals surface area contributed by atoms with Crippen molar-refractivity contribution in [3.8, 4) is 0 Å². The topological polar surface area (TPSA) is 49.0 Å². The highest BCUT2D eigenvalue weighted by molar-refractivity contribution is 6.05. The molecule has 3 heterocycles. The molecule has 0 atom stereocenters. The van der Waals surface area contributed by atoms with Crippen molar-refractivity contribution in [1.29, 1.82) is 0 Å². The van der Waals surface area contributed by atoms with Crippen LogP contribution < -0.4 is 0 Å². The molecule has 2 aromatic heterocycles. The van der Waals surface area contributed by atoms with Crippen molar-refractivity contribution in [1.82, 2.24) is 14.9 Å². The highest BCUT2D eigenvalue weighted by Crippen LogP contribution is 2.21. The summed E-state index contributed by atoms with van der Waals surface area (Å²) in [5.74, 6) is 0.0995. The van der Waals surface area contributed by atoms with Gasteiger partial charge < -0.3 is 9.88 Å². The molecule has 0 radical (unpaired) electrons. The molecule has 1 saturated heterocycles. The minimum atomic E-state index is 0.0995. The first-order valence-corrected chi connectivity index (χ1v) is 5.99. The van der Waals surface area contributed by atoms with Gasteiger partial charge in [0, 0.05) is 36.6 Å². The normalized spacial score (nSPS) is 15.7. The fourth-order valence-corrected chi connectivity index (χ4v) is 2.44. The SMILES string of the molecule is Cc1ncc(C(=O)N2CCCC2)c2[nH]ccc12. The van der Waals surface area contributed by atoms with Crippen LogP contribution in [-0.4, -0.2) is 33.9 Å². The van der Waals surface area contributed by atoms with Gasteiger partial charge in [-0.25, -0.2) is 0 Å². The molecule has 0 saturated carbocycles. The average molecular weight is 229 g/mol. The number of nitrogens with zero attached hydrogens (tertiary/aromatic N) is 2. The van der Waals surface area contributed by atoms with Gasteiger partial charge in [-0.3, -0.25) is 9.78 Å². The van der Waals surface area contributed by atoms with Crippen molar-refractivity contribution in [2.45, 2.75) is 19.8 Å². The first-order valence-electron chi connectivity index (χ1n) is 5.99. The molecule has 88 valence electrons. The summed E-state index contributed by atoms with van der Waals surface area (Å²) in [4.78, 5) is 21.7. The van der Waals surface area contributed by atoms with E-state index in [0.717, 1.165) is 42.5 Å². The summed E-state index contributed by atoms with van der Waals surface area (Å²) in [5, 5.41) is 1.04. The summed E-state index contributed by atoms with van der Waals surface area (Å²) in [7, 11) is 0. The molecule has 0 aliphatic carbocycles. The van der Waals surface area contributed by atoms with Gasteiger partial charge in [0.1, 0.15) is 0 Å². The molecule has 1 N–H and O–H groups in total. The number of nitrogens with one attached hydrogen (secondary N) is 1. The van der Waals surface area contributed by atoms with Gasteiger partial charge in [0.25, 0.3) is 5.91 Å². The van der Waals surface area contributed by atoms with E-state index in [1.54, 1.807) is 6.20 Å². The van der Waals surface area contributed by atoms with Gasteiger partial charge in [0.15, 0.2) is 0 Å². The molecule has 17 heavy (non-hydrogen) atoms. The minimum Gasteiger partial charge on any atom is -0.360 e. The van der Waals surface area contributed by atoms with Crippen molar-refractivity contribution < 1.29 is 4.79 Å². The van der Waals surface area contributed by atoms with Crippen LogP contribution in [0.4, 0.5) is 0 Å². The second-order valence-corrected chi connectivity index (χ2v) is 4.52. The quantitative estimate of drug-likeness (QED) is 0.814. The van der Waals surface area contributed by atoms with Crippen molar-refractivity contribution >= 4 is 16.8 Å². The van der Waals surface area contributed by atoms with Crippen LogP contribution in [0.15, 0.2) is 18.5 Å². The molecule has 3 rings (SSSR count). The number of hydrogen-bond acceptors (Lipinski definition) is 2. The van der Waals surface area contributed by atoms with Crippen LogP contribution in [0.5, 0.6) is 0 Å². The Morgan fingerprint density at radius 3 is 2.94 bits per heavy atom. The molecular formula is C13H15N3O. The van der Waals surface area contributed by atoms with E-state index in [9.17, 15) is 4.79 Å². The number of amides is 1. The van der Waals surface area contributed by atoms with Crippen LogP contribution in [0, 0.1) is 6.92 Å². The number of likely N-dealkylation sites (tertiary alicyclic amines) is 1. The van der Waals surface area contributed by atoms with Gasteiger partial charge in [-0.2, -0.15) is 0 Å².